The Morgan fingerprint density at radius 2 is 1.64 bits per heavy atom. The highest BCUT2D eigenvalue weighted by atomic mass is 16.5. The van der Waals surface area contributed by atoms with E-state index in [9.17, 15) is 0 Å². The largest absolute Gasteiger partial charge is 0.372 e. The zero-order valence-corrected chi connectivity index (χ0v) is 14.1. The van der Waals surface area contributed by atoms with Gasteiger partial charge in [0.1, 0.15) is 0 Å². The minimum absolute atomic E-state index is 0.630. The molecular formula is C21H32O. The summed E-state index contributed by atoms with van der Waals surface area (Å²) in [4.78, 5) is 0. The zero-order chi connectivity index (χ0) is 15.5. The molecule has 1 heterocycles. The lowest BCUT2D eigenvalue weighted by atomic mass is 9.88. The standard InChI is InChI=1S/C21H32O/c1-2-12-19(20-13-8-7-9-14-20)16-17-21-15-10-5-3-4-6-11-18-22-21/h7-9,13-14,19H,1-6,10-12,15-18H2. The lowest BCUT2D eigenvalue weighted by molar-refractivity contribution is 0.115. The summed E-state index contributed by atoms with van der Waals surface area (Å²) in [7, 11) is 0. The van der Waals surface area contributed by atoms with Crippen molar-refractivity contribution in [1.82, 2.24) is 0 Å². The molecule has 1 heteroatoms. The van der Waals surface area contributed by atoms with E-state index in [1.165, 1.54) is 69.5 Å². The number of ether oxygens (including phenoxy) is 1. The van der Waals surface area contributed by atoms with Crippen LogP contribution in [-0.4, -0.2) is 6.61 Å². The third-order valence-electron chi connectivity index (χ3n) is 4.75. The highest BCUT2D eigenvalue weighted by molar-refractivity contribution is 5.19. The monoisotopic (exact) mass is 300 g/mol. The van der Waals surface area contributed by atoms with Crippen LogP contribution < -0.4 is 0 Å². The molecule has 2 rings (SSSR count). The molecule has 1 aromatic carbocycles. The molecular weight excluding hydrogens is 268 g/mol. The summed E-state index contributed by atoms with van der Waals surface area (Å²) in [5.74, 6) is 0.630. The lowest BCUT2D eigenvalue weighted by Gasteiger charge is -2.22. The average molecular weight is 300 g/mol. The molecule has 122 valence electrons. The first-order valence-corrected chi connectivity index (χ1v) is 9.22. The van der Waals surface area contributed by atoms with Crippen molar-refractivity contribution in [3.8, 4) is 0 Å². The molecule has 0 aromatic heterocycles. The second kappa shape index (κ2) is 10.8. The molecule has 1 aromatic rings. The maximum absolute atomic E-state index is 6.08. The summed E-state index contributed by atoms with van der Waals surface area (Å²) in [6.07, 6.45) is 15.1. The summed E-state index contributed by atoms with van der Waals surface area (Å²) < 4.78 is 6.08. The Balaban J connectivity index is 1.83. The number of hydrogen-bond donors (Lipinski definition) is 0. The molecule has 22 heavy (non-hydrogen) atoms. The fourth-order valence-electron chi connectivity index (χ4n) is 3.40. The Labute approximate surface area is 137 Å². The van der Waals surface area contributed by atoms with Crippen LogP contribution in [0.3, 0.4) is 0 Å². The van der Waals surface area contributed by atoms with Gasteiger partial charge in [-0.2, -0.15) is 0 Å². The Morgan fingerprint density at radius 3 is 2.41 bits per heavy atom. The number of benzene rings is 1. The van der Waals surface area contributed by atoms with E-state index in [2.05, 4.69) is 37.3 Å². The second-order valence-corrected chi connectivity index (χ2v) is 6.55. The SMILES string of the molecule is [CH2]CCC(CC[C]1CCCCCCCCO1)c1ccccc1. The predicted molar refractivity (Wildman–Crippen MR) is 94.5 cm³/mol. The van der Waals surface area contributed by atoms with Gasteiger partial charge in [0, 0.05) is 6.61 Å². The molecule has 1 atom stereocenters. The van der Waals surface area contributed by atoms with Gasteiger partial charge in [-0.1, -0.05) is 75.8 Å². The van der Waals surface area contributed by atoms with Gasteiger partial charge in [-0.15, -0.1) is 0 Å². The highest BCUT2D eigenvalue weighted by Gasteiger charge is 2.16. The van der Waals surface area contributed by atoms with Gasteiger partial charge < -0.3 is 4.74 Å². The Kier molecular flexibility index (Phi) is 8.63. The molecule has 0 bridgehead atoms. The molecule has 1 aliphatic rings. The van der Waals surface area contributed by atoms with Crippen molar-refractivity contribution in [2.45, 2.75) is 76.5 Å². The Morgan fingerprint density at radius 1 is 0.909 bits per heavy atom. The van der Waals surface area contributed by atoms with Gasteiger partial charge in [0.2, 0.25) is 0 Å². The van der Waals surface area contributed by atoms with E-state index >= 15 is 0 Å². The average Bonchev–Trinajstić information content (AvgIpc) is 2.57. The minimum atomic E-state index is 0.630. The summed E-state index contributed by atoms with van der Waals surface area (Å²) in [6.45, 7) is 4.99. The van der Waals surface area contributed by atoms with E-state index in [0.29, 0.717) is 5.92 Å². The molecule has 0 N–H and O–H groups in total. The van der Waals surface area contributed by atoms with Gasteiger partial charge in [-0.25, -0.2) is 0 Å². The summed E-state index contributed by atoms with van der Waals surface area (Å²) in [5, 5.41) is 0. The molecule has 0 amide bonds. The number of rotatable bonds is 6. The van der Waals surface area contributed by atoms with E-state index < -0.39 is 0 Å². The van der Waals surface area contributed by atoms with Crippen LogP contribution in [0, 0.1) is 13.0 Å². The van der Waals surface area contributed by atoms with E-state index in [1.54, 1.807) is 0 Å². The van der Waals surface area contributed by atoms with Crippen molar-refractivity contribution in [1.29, 1.82) is 0 Å². The predicted octanol–water partition coefficient (Wildman–Crippen LogP) is 6.46. The van der Waals surface area contributed by atoms with E-state index in [4.69, 9.17) is 4.74 Å². The van der Waals surface area contributed by atoms with E-state index in [-0.39, 0.29) is 0 Å². The van der Waals surface area contributed by atoms with Crippen molar-refractivity contribution in [2.24, 2.45) is 0 Å². The van der Waals surface area contributed by atoms with Crippen LogP contribution in [0.25, 0.3) is 0 Å². The summed E-state index contributed by atoms with van der Waals surface area (Å²) in [6, 6.07) is 10.9. The Bertz CT molecular complexity index is 363. The van der Waals surface area contributed by atoms with Crippen molar-refractivity contribution >= 4 is 0 Å². The van der Waals surface area contributed by atoms with E-state index in [0.717, 1.165) is 19.4 Å². The van der Waals surface area contributed by atoms with Crippen LogP contribution in [0.5, 0.6) is 0 Å². The molecule has 0 spiro atoms. The van der Waals surface area contributed by atoms with Crippen LogP contribution in [0.1, 0.15) is 82.1 Å². The summed E-state index contributed by atoms with van der Waals surface area (Å²) in [5.41, 5.74) is 1.46. The Hall–Kier alpha value is -0.820. The smallest absolute Gasteiger partial charge is 0.0971 e. The maximum atomic E-state index is 6.08. The molecule has 0 saturated carbocycles. The molecule has 0 aliphatic carbocycles. The zero-order valence-electron chi connectivity index (χ0n) is 14.1. The highest BCUT2D eigenvalue weighted by Crippen LogP contribution is 2.31. The fourth-order valence-corrected chi connectivity index (χ4v) is 3.40. The van der Waals surface area contributed by atoms with Gasteiger partial charge in [0.25, 0.3) is 0 Å². The van der Waals surface area contributed by atoms with Crippen LogP contribution in [-0.2, 0) is 4.74 Å². The minimum Gasteiger partial charge on any atom is -0.372 e. The van der Waals surface area contributed by atoms with Crippen LogP contribution in [0.15, 0.2) is 30.3 Å². The van der Waals surface area contributed by atoms with Gasteiger partial charge in [0.05, 0.1) is 6.10 Å². The van der Waals surface area contributed by atoms with Gasteiger partial charge >= 0.3 is 0 Å². The van der Waals surface area contributed by atoms with E-state index in [1.807, 2.05) is 0 Å². The lowest BCUT2D eigenvalue weighted by Crippen LogP contribution is -2.09. The molecule has 2 radical (unpaired) electrons. The molecule has 1 saturated heterocycles. The third kappa shape index (κ3) is 6.52. The third-order valence-corrected chi connectivity index (χ3v) is 4.75. The van der Waals surface area contributed by atoms with Gasteiger partial charge in [0.15, 0.2) is 0 Å². The molecule has 1 fully saturated rings. The first-order valence-electron chi connectivity index (χ1n) is 9.22. The maximum Gasteiger partial charge on any atom is 0.0971 e. The summed E-state index contributed by atoms with van der Waals surface area (Å²) >= 11 is 0. The van der Waals surface area contributed by atoms with Crippen molar-refractivity contribution in [3.05, 3.63) is 48.9 Å². The number of hydrogen-bond acceptors (Lipinski definition) is 1. The van der Waals surface area contributed by atoms with Crippen LogP contribution >= 0.6 is 0 Å². The molecule has 1 unspecified atom stereocenters. The topological polar surface area (TPSA) is 9.23 Å². The normalized spacial score (nSPS) is 19.7. The van der Waals surface area contributed by atoms with Gasteiger partial charge in [-0.05, 0) is 43.6 Å². The van der Waals surface area contributed by atoms with Crippen molar-refractivity contribution in [2.75, 3.05) is 6.61 Å². The fraction of sp³-hybridized carbons (Fsp3) is 0.619. The van der Waals surface area contributed by atoms with Crippen molar-refractivity contribution < 1.29 is 4.74 Å². The first kappa shape index (κ1) is 17.5. The van der Waals surface area contributed by atoms with Crippen molar-refractivity contribution in [3.63, 3.8) is 0 Å². The molecule has 1 aliphatic heterocycles. The first-order chi connectivity index (χ1) is 10.9. The second-order valence-electron chi connectivity index (χ2n) is 6.55. The van der Waals surface area contributed by atoms with Crippen LogP contribution in [0.4, 0.5) is 0 Å². The molecule has 1 nitrogen and oxygen atoms in total. The van der Waals surface area contributed by atoms with Gasteiger partial charge in [-0.3, -0.25) is 0 Å². The quantitative estimate of drug-likeness (QED) is 0.586. The van der Waals surface area contributed by atoms with Crippen LogP contribution in [0.2, 0.25) is 0 Å².